The average molecular weight is 243 g/mol. The van der Waals surface area contributed by atoms with Gasteiger partial charge in [0.15, 0.2) is 0 Å². The zero-order chi connectivity index (χ0) is 11.8. The number of aromatic nitrogens is 1. The lowest BCUT2D eigenvalue weighted by atomic mass is 10.1. The molecule has 0 aliphatic carbocycles. The van der Waals surface area contributed by atoms with E-state index in [-0.39, 0.29) is 0 Å². The van der Waals surface area contributed by atoms with Crippen LogP contribution in [0.15, 0.2) is 42.6 Å². The van der Waals surface area contributed by atoms with E-state index in [4.69, 9.17) is 0 Å². The molecule has 0 aliphatic rings. The summed E-state index contributed by atoms with van der Waals surface area (Å²) in [6, 6.07) is 12.1. The zero-order valence-electron chi connectivity index (χ0n) is 9.47. The van der Waals surface area contributed by atoms with Crippen molar-refractivity contribution in [1.82, 2.24) is 4.98 Å². The maximum absolute atomic E-state index is 10.4. The van der Waals surface area contributed by atoms with Crippen molar-refractivity contribution in [3.8, 4) is 0 Å². The molecular formula is C14H13NOS. The van der Waals surface area contributed by atoms with E-state index < -0.39 is 6.10 Å². The van der Waals surface area contributed by atoms with Crippen molar-refractivity contribution in [1.29, 1.82) is 0 Å². The lowest BCUT2D eigenvalue weighted by Gasteiger charge is -2.06. The predicted octanol–water partition coefficient (Wildman–Crippen LogP) is 3.62. The largest absolute Gasteiger partial charge is 0.383 e. The molecule has 1 atom stereocenters. The van der Waals surface area contributed by atoms with Crippen LogP contribution in [0.3, 0.4) is 0 Å². The molecule has 3 rings (SSSR count). The number of rotatable bonds is 2. The van der Waals surface area contributed by atoms with Gasteiger partial charge < -0.3 is 10.1 Å². The van der Waals surface area contributed by atoms with Crippen LogP contribution in [0.25, 0.3) is 10.9 Å². The smallest absolute Gasteiger partial charge is 0.115 e. The molecule has 2 nitrogen and oxygen atoms in total. The highest BCUT2D eigenvalue weighted by molar-refractivity contribution is 7.12. The third-order valence-electron chi connectivity index (χ3n) is 2.95. The normalized spacial score (nSPS) is 13.1. The Morgan fingerprint density at radius 2 is 2.00 bits per heavy atom. The van der Waals surface area contributed by atoms with Gasteiger partial charge in [-0.25, -0.2) is 0 Å². The lowest BCUT2D eigenvalue weighted by Crippen LogP contribution is -1.95. The van der Waals surface area contributed by atoms with Crippen molar-refractivity contribution in [2.75, 3.05) is 0 Å². The van der Waals surface area contributed by atoms with E-state index in [0.717, 1.165) is 21.3 Å². The van der Waals surface area contributed by atoms with Crippen molar-refractivity contribution in [2.24, 2.45) is 0 Å². The number of nitrogens with one attached hydrogen (secondary N) is 1. The van der Waals surface area contributed by atoms with Crippen LogP contribution in [0, 0.1) is 6.92 Å². The van der Waals surface area contributed by atoms with Gasteiger partial charge in [0, 0.05) is 32.4 Å². The van der Waals surface area contributed by atoms with Crippen LogP contribution in [-0.2, 0) is 0 Å². The molecule has 2 N–H and O–H groups in total. The van der Waals surface area contributed by atoms with Gasteiger partial charge in [-0.1, -0.05) is 18.2 Å². The van der Waals surface area contributed by atoms with Gasteiger partial charge in [-0.15, -0.1) is 11.3 Å². The Kier molecular flexibility index (Phi) is 2.50. The van der Waals surface area contributed by atoms with Crippen LogP contribution < -0.4 is 0 Å². The molecule has 1 aromatic carbocycles. The summed E-state index contributed by atoms with van der Waals surface area (Å²) in [5, 5.41) is 11.5. The quantitative estimate of drug-likeness (QED) is 0.708. The summed E-state index contributed by atoms with van der Waals surface area (Å²) >= 11 is 1.64. The molecule has 0 saturated heterocycles. The first kappa shape index (κ1) is 10.6. The number of hydrogen-bond acceptors (Lipinski definition) is 2. The number of aliphatic hydroxyl groups is 1. The topological polar surface area (TPSA) is 36.0 Å². The molecule has 1 unspecified atom stereocenters. The highest BCUT2D eigenvalue weighted by Gasteiger charge is 2.16. The molecule has 0 aliphatic heterocycles. The fourth-order valence-electron chi connectivity index (χ4n) is 2.07. The summed E-state index contributed by atoms with van der Waals surface area (Å²) in [6.45, 7) is 2.05. The Labute approximate surface area is 104 Å². The number of aliphatic hydroxyl groups excluding tert-OH is 1. The van der Waals surface area contributed by atoms with Crippen molar-refractivity contribution < 1.29 is 5.11 Å². The molecule has 0 radical (unpaired) electrons. The Morgan fingerprint density at radius 1 is 1.18 bits per heavy atom. The van der Waals surface area contributed by atoms with Gasteiger partial charge >= 0.3 is 0 Å². The van der Waals surface area contributed by atoms with E-state index in [1.54, 1.807) is 11.3 Å². The number of benzene rings is 1. The minimum absolute atomic E-state index is 0.537. The minimum Gasteiger partial charge on any atom is -0.383 e. The van der Waals surface area contributed by atoms with Gasteiger partial charge in [-0.2, -0.15) is 0 Å². The number of thiophene rings is 1. The molecule has 3 aromatic rings. The number of H-pyrrole nitrogens is 1. The molecule has 0 fully saturated rings. The fraction of sp³-hybridized carbons (Fsp3) is 0.143. The fourth-order valence-corrected chi connectivity index (χ4v) is 2.96. The standard InChI is InChI=1S/C14H13NOS/c1-9-6-7-13(17-9)14(16)11-8-15-12-5-3-2-4-10(11)12/h2-8,14-16H,1H3. The molecule has 0 bridgehead atoms. The third kappa shape index (κ3) is 1.77. The van der Waals surface area contributed by atoms with Crippen molar-refractivity contribution in [3.05, 3.63) is 57.9 Å². The van der Waals surface area contributed by atoms with Crippen LogP contribution in [0.2, 0.25) is 0 Å². The van der Waals surface area contributed by atoms with Crippen LogP contribution in [0.1, 0.15) is 21.4 Å². The van der Waals surface area contributed by atoms with Gasteiger partial charge in [0.05, 0.1) is 0 Å². The number of fused-ring (bicyclic) bond motifs is 1. The van der Waals surface area contributed by atoms with Gasteiger partial charge in [0.25, 0.3) is 0 Å². The van der Waals surface area contributed by atoms with Crippen LogP contribution >= 0.6 is 11.3 Å². The maximum atomic E-state index is 10.4. The Bertz CT molecular complexity index is 653. The molecule has 86 valence electrons. The molecule has 3 heteroatoms. The zero-order valence-corrected chi connectivity index (χ0v) is 10.3. The van der Waals surface area contributed by atoms with Gasteiger partial charge in [-0.3, -0.25) is 0 Å². The Hall–Kier alpha value is -1.58. The second kappa shape index (κ2) is 4.02. The second-order valence-corrected chi connectivity index (χ2v) is 5.46. The van der Waals surface area contributed by atoms with E-state index >= 15 is 0 Å². The van der Waals surface area contributed by atoms with Crippen LogP contribution in [0.4, 0.5) is 0 Å². The molecule has 0 saturated carbocycles. The van der Waals surface area contributed by atoms with Crippen LogP contribution in [-0.4, -0.2) is 10.1 Å². The van der Waals surface area contributed by atoms with E-state index in [1.807, 2.05) is 42.6 Å². The third-order valence-corrected chi connectivity index (χ3v) is 4.00. The highest BCUT2D eigenvalue weighted by atomic mass is 32.1. The number of aryl methyl sites for hydroxylation is 1. The van der Waals surface area contributed by atoms with E-state index in [0.29, 0.717) is 0 Å². The van der Waals surface area contributed by atoms with Crippen molar-refractivity contribution in [3.63, 3.8) is 0 Å². The molecule has 0 spiro atoms. The minimum atomic E-state index is -0.537. The molecule has 17 heavy (non-hydrogen) atoms. The average Bonchev–Trinajstić information content (AvgIpc) is 2.94. The van der Waals surface area contributed by atoms with Gasteiger partial charge in [0.2, 0.25) is 0 Å². The summed E-state index contributed by atoms with van der Waals surface area (Å²) < 4.78 is 0. The summed E-state index contributed by atoms with van der Waals surface area (Å²) in [7, 11) is 0. The first-order valence-electron chi connectivity index (χ1n) is 5.56. The second-order valence-electron chi connectivity index (χ2n) is 4.14. The maximum Gasteiger partial charge on any atom is 0.115 e. The highest BCUT2D eigenvalue weighted by Crippen LogP contribution is 2.32. The van der Waals surface area contributed by atoms with E-state index in [9.17, 15) is 5.11 Å². The Morgan fingerprint density at radius 3 is 2.76 bits per heavy atom. The molecule has 0 amide bonds. The number of hydrogen-bond donors (Lipinski definition) is 2. The summed E-state index contributed by atoms with van der Waals surface area (Å²) in [5.74, 6) is 0. The van der Waals surface area contributed by atoms with E-state index in [2.05, 4.69) is 11.9 Å². The molecule has 2 heterocycles. The van der Waals surface area contributed by atoms with Crippen molar-refractivity contribution in [2.45, 2.75) is 13.0 Å². The lowest BCUT2D eigenvalue weighted by molar-refractivity contribution is 0.226. The van der Waals surface area contributed by atoms with E-state index in [1.165, 1.54) is 4.88 Å². The molecular weight excluding hydrogens is 230 g/mol. The summed E-state index contributed by atoms with van der Waals surface area (Å²) in [6.07, 6.45) is 1.36. The van der Waals surface area contributed by atoms with Crippen LogP contribution in [0.5, 0.6) is 0 Å². The Balaban J connectivity index is 2.09. The van der Waals surface area contributed by atoms with Gasteiger partial charge in [-0.05, 0) is 25.1 Å². The summed E-state index contributed by atoms with van der Waals surface area (Å²) in [5.41, 5.74) is 2.01. The van der Waals surface area contributed by atoms with Crippen molar-refractivity contribution >= 4 is 22.2 Å². The SMILES string of the molecule is Cc1ccc(C(O)c2c[nH]c3ccccc23)s1. The van der Waals surface area contributed by atoms with Gasteiger partial charge in [0.1, 0.15) is 6.10 Å². The first-order valence-corrected chi connectivity index (χ1v) is 6.38. The first-order chi connectivity index (χ1) is 8.25. The summed E-state index contributed by atoms with van der Waals surface area (Å²) in [4.78, 5) is 5.40. The molecule has 2 aromatic heterocycles. The predicted molar refractivity (Wildman–Crippen MR) is 71.4 cm³/mol. The number of para-hydroxylation sites is 1. The number of aromatic amines is 1. The monoisotopic (exact) mass is 243 g/mol.